The van der Waals surface area contributed by atoms with Gasteiger partial charge in [-0.05, 0) is 168 Å². The fourth-order valence-electron chi connectivity index (χ4n) is 17.6. The molecule has 0 radical (unpaired) electrons. The van der Waals surface area contributed by atoms with Crippen LogP contribution in [0.4, 0.5) is 34.1 Å². The maximum atomic E-state index is 2.69. The van der Waals surface area contributed by atoms with E-state index in [-0.39, 0.29) is 6.71 Å². The standard InChI is InChI=1S/C91H57BN4/c1-4-24-58(25-5-1)60-44-47-63(48-45-60)93-87-53-64(94-81-40-20-13-33-69(81)70-34-14-21-41-82(70)94)49-50-79(87)92-80-52-62(59-26-6-2-7-27-59)46-51-85(80)96(89-55-65(54-88(93)90(89)92)95-83-42-22-15-35-71(83)72-36-16-23-43-84(72)95)86-57-78-74(56-73(86)61-28-8-3-9-29-61)68-32-12-19-39-77(68)91(78)75-37-17-10-30-66(75)67-31-11-18-38-76(67)91/h1-57H. The molecular formula is C91H57BN4. The zero-order chi connectivity index (χ0) is 62.7. The molecule has 0 amide bonds. The summed E-state index contributed by atoms with van der Waals surface area (Å²) in [6, 6.07) is 131. The molecule has 96 heavy (non-hydrogen) atoms. The third kappa shape index (κ3) is 7.34. The van der Waals surface area contributed by atoms with Crippen LogP contribution >= 0.6 is 0 Å². The van der Waals surface area contributed by atoms with Crippen LogP contribution in [0.2, 0.25) is 0 Å². The van der Waals surface area contributed by atoms with Crippen LogP contribution in [-0.2, 0) is 5.41 Å². The molecule has 0 saturated carbocycles. The molecule has 0 unspecified atom stereocenters. The SMILES string of the molecule is c1ccc(-c2ccc(N3c4cc(-n5c6ccccc6c6ccccc65)ccc4B4c5cc(-c6ccccc6)ccc5N(c5cc6c(cc5-c5ccccc5)-c5ccccc5C65c6ccccc6-c6ccccc65)c5cc(-n6c7ccccc7c7ccccc76)cc3c54)cc2)cc1. The molecular weight excluding hydrogens is 1160 g/mol. The first kappa shape index (κ1) is 53.1. The second-order valence-electron chi connectivity index (χ2n) is 26.2. The van der Waals surface area contributed by atoms with Crippen molar-refractivity contribution in [1.82, 2.24) is 9.13 Å². The molecule has 0 bridgehead atoms. The van der Waals surface area contributed by atoms with Gasteiger partial charge in [0.25, 0.3) is 6.71 Å². The van der Waals surface area contributed by atoms with E-state index in [1.807, 2.05) is 0 Å². The molecule has 4 nitrogen and oxygen atoms in total. The Labute approximate surface area is 556 Å². The van der Waals surface area contributed by atoms with Gasteiger partial charge in [0.15, 0.2) is 0 Å². The Balaban J connectivity index is 0.919. The Bertz CT molecular complexity index is 5950. The summed E-state index contributed by atoms with van der Waals surface area (Å²) in [6.07, 6.45) is 0. The van der Waals surface area contributed by atoms with Gasteiger partial charge in [0, 0.05) is 61.2 Å². The van der Waals surface area contributed by atoms with Gasteiger partial charge < -0.3 is 18.9 Å². The van der Waals surface area contributed by atoms with E-state index in [9.17, 15) is 0 Å². The quantitative estimate of drug-likeness (QED) is 0.148. The number of aromatic nitrogens is 2. The second kappa shape index (κ2) is 20.3. The van der Waals surface area contributed by atoms with Crippen molar-refractivity contribution in [3.05, 3.63) is 368 Å². The number of benzene rings is 15. The normalized spacial score (nSPS) is 13.4. The van der Waals surface area contributed by atoms with Gasteiger partial charge in [0.1, 0.15) is 0 Å². The summed E-state index contributed by atoms with van der Waals surface area (Å²) >= 11 is 0. The molecule has 444 valence electrons. The number of fused-ring (bicyclic) bond motifs is 20. The zero-order valence-corrected chi connectivity index (χ0v) is 52.3. The lowest BCUT2D eigenvalue weighted by Gasteiger charge is -2.45. The summed E-state index contributed by atoms with van der Waals surface area (Å²) in [7, 11) is 0. The second-order valence-corrected chi connectivity index (χ2v) is 26.2. The van der Waals surface area contributed by atoms with Crippen molar-refractivity contribution in [3.8, 4) is 67.0 Å². The van der Waals surface area contributed by atoms with Gasteiger partial charge in [-0.1, -0.05) is 267 Å². The number of hydrogen-bond acceptors (Lipinski definition) is 2. The number of anilines is 6. The highest BCUT2D eigenvalue weighted by Gasteiger charge is 2.53. The summed E-state index contributed by atoms with van der Waals surface area (Å²) < 4.78 is 5.01. The fourth-order valence-corrected chi connectivity index (χ4v) is 17.6. The monoisotopic (exact) mass is 1220 g/mol. The van der Waals surface area contributed by atoms with Crippen LogP contribution in [0.3, 0.4) is 0 Å². The van der Waals surface area contributed by atoms with Gasteiger partial charge in [-0.25, -0.2) is 0 Å². The van der Waals surface area contributed by atoms with Crippen molar-refractivity contribution >= 4 is 101 Å². The van der Waals surface area contributed by atoms with Crippen molar-refractivity contribution < 1.29 is 0 Å². The van der Waals surface area contributed by atoms with Crippen LogP contribution in [0.15, 0.2) is 346 Å². The van der Waals surface area contributed by atoms with Crippen LogP contribution in [0.1, 0.15) is 22.3 Å². The van der Waals surface area contributed by atoms with Crippen molar-refractivity contribution in [3.63, 3.8) is 0 Å². The minimum Gasteiger partial charge on any atom is -0.311 e. The molecule has 1 spiro atoms. The van der Waals surface area contributed by atoms with Crippen molar-refractivity contribution in [2.75, 3.05) is 9.80 Å². The van der Waals surface area contributed by atoms with Gasteiger partial charge in [-0.3, -0.25) is 0 Å². The number of hydrogen-bond donors (Lipinski definition) is 0. The van der Waals surface area contributed by atoms with E-state index in [1.165, 1.54) is 116 Å². The zero-order valence-electron chi connectivity index (χ0n) is 52.3. The lowest BCUT2D eigenvalue weighted by molar-refractivity contribution is 0.794. The van der Waals surface area contributed by atoms with Crippen LogP contribution in [-0.4, -0.2) is 15.8 Å². The fraction of sp³-hybridized carbons (Fsp3) is 0.0110. The predicted molar refractivity (Wildman–Crippen MR) is 402 cm³/mol. The van der Waals surface area contributed by atoms with Crippen LogP contribution in [0.5, 0.6) is 0 Å². The molecule has 17 aromatic rings. The summed E-state index contributed by atoms with van der Waals surface area (Å²) in [5, 5.41) is 4.90. The molecule has 5 heteroatoms. The van der Waals surface area contributed by atoms with Gasteiger partial charge in [-0.15, -0.1) is 0 Å². The molecule has 2 aliphatic carbocycles. The topological polar surface area (TPSA) is 16.3 Å². The minimum atomic E-state index is -0.596. The Hall–Kier alpha value is -12.4. The van der Waals surface area contributed by atoms with Gasteiger partial charge in [0.2, 0.25) is 0 Å². The third-order valence-electron chi connectivity index (χ3n) is 21.5. The highest BCUT2D eigenvalue weighted by Crippen LogP contribution is 2.64. The van der Waals surface area contributed by atoms with Crippen molar-refractivity contribution in [2.24, 2.45) is 0 Å². The summed E-state index contributed by atoms with van der Waals surface area (Å²) in [5.74, 6) is 0. The first-order valence-corrected chi connectivity index (χ1v) is 33.4. The molecule has 4 heterocycles. The van der Waals surface area contributed by atoms with E-state index in [2.05, 4.69) is 365 Å². The molecule has 0 saturated heterocycles. The van der Waals surface area contributed by atoms with Crippen LogP contribution < -0.4 is 26.2 Å². The Morgan fingerprint density at radius 2 is 0.635 bits per heavy atom. The average Bonchev–Trinajstić information content (AvgIpc) is 1.46. The Morgan fingerprint density at radius 3 is 1.19 bits per heavy atom. The Morgan fingerprint density at radius 1 is 0.219 bits per heavy atom. The average molecular weight is 1220 g/mol. The van der Waals surface area contributed by atoms with Gasteiger partial charge >= 0.3 is 0 Å². The molecule has 21 rings (SSSR count). The first-order chi connectivity index (χ1) is 47.7. The molecule has 0 N–H and O–H groups in total. The van der Waals surface area contributed by atoms with Crippen LogP contribution in [0, 0.1) is 0 Å². The molecule has 0 fully saturated rings. The third-order valence-corrected chi connectivity index (χ3v) is 21.5. The summed E-state index contributed by atoms with van der Waals surface area (Å²) in [5.41, 5.74) is 34.1. The first-order valence-electron chi connectivity index (χ1n) is 33.4. The highest BCUT2D eigenvalue weighted by molar-refractivity contribution is 7.00. The lowest BCUT2D eigenvalue weighted by Crippen LogP contribution is -2.61. The largest absolute Gasteiger partial charge is 0.311 e. The maximum absolute atomic E-state index is 2.69. The predicted octanol–water partition coefficient (Wildman–Crippen LogP) is 21.3. The van der Waals surface area contributed by atoms with E-state index in [1.54, 1.807) is 0 Å². The number of nitrogens with zero attached hydrogens (tertiary/aromatic N) is 4. The summed E-state index contributed by atoms with van der Waals surface area (Å²) in [6.45, 7) is -0.210. The summed E-state index contributed by atoms with van der Waals surface area (Å²) in [4.78, 5) is 5.30. The van der Waals surface area contributed by atoms with E-state index < -0.39 is 5.41 Å². The number of para-hydroxylation sites is 4. The molecule has 4 aliphatic rings. The van der Waals surface area contributed by atoms with E-state index in [0.29, 0.717) is 0 Å². The Kier molecular flexibility index (Phi) is 11.2. The minimum absolute atomic E-state index is 0.210. The lowest BCUT2D eigenvalue weighted by atomic mass is 9.33. The molecule has 2 aromatic heterocycles. The number of rotatable bonds is 7. The van der Waals surface area contributed by atoms with E-state index >= 15 is 0 Å². The molecule has 0 atom stereocenters. The van der Waals surface area contributed by atoms with Crippen LogP contribution in [0.25, 0.3) is 111 Å². The van der Waals surface area contributed by atoms with Gasteiger partial charge in [-0.2, -0.15) is 0 Å². The van der Waals surface area contributed by atoms with Crippen molar-refractivity contribution in [1.29, 1.82) is 0 Å². The van der Waals surface area contributed by atoms with E-state index in [0.717, 1.165) is 67.7 Å². The maximum Gasteiger partial charge on any atom is 0.252 e. The smallest absolute Gasteiger partial charge is 0.252 e. The molecule has 2 aliphatic heterocycles. The highest BCUT2D eigenvalue weighted by atomic mass is 15.2. The van der Waals surface area contributed by atoms with Gasteiger partial charge in [0.05, 0.1) is 38.9 Å². The molecule has 15 aromatic carbocycles. The van der Waals surface area contributed by atoms with Crippen molar-refractivity contribution in [2.45, 2.75) is 5.41 Å². The van der Waals surface area contributed by atoms with E-state index in [4.69, 9.17) is 0 Å².